The molecule has 0 aliphatic heterocycles. The van der Waals surface area contributed by atoms with Crippen LogP contribution in [0.1, 0.15) is 45.4 Å². The zero-order valence-electron chi connectivity index (χ0n) is 15.8. The normalized spacial score (nSPS) is 14.5. The Bertz CT molecular complexity index is 443. The molecule has 0 aromatic rings. The molecule has 9 heteroatoms. The highest BCUT2D eigenvalue weighted by Gasteiger charge is 2.27. The van der Waals surface area contributed by atoms with Gasteiger partial charge in [0.25, 0.3) is 5.91 Å². The predicted molar refractivity (Wildman–Crippen MR) is 94.5 cm³/mol. The molecule has 0 aromatic heterocycles. The van der Waals surface area contributed by atoms with E-state index < -0.39 is 36.6 Å². The number of rotatable bonds is 14. The number of ether oxygens (including phenoxy) is 1. The van der Waals surface area contributed by atoms with Crippen molar-refractivity contribution < 1.29 is 34.4 Å². The third-order valence-electron chi connectivity index (χ3n) is 3.96. The van der Waals surface area contributed by atoms with Crippen molar-refractivity contribution in [3.05, 3.63) is 0 Å². The van der Waals surface area contributed by atoms with E-state index in [4.69, 9.17) is 9.84 Å². The molecule has 0 aliphatic carbocycles. The Balaban J connectivity index is 4.31. The number of carboxylic acid groups (broad SMARTS) is 1. The number of hydrogen-bond donors (Lipinski definition) is 4. The van der Waals surface area contributed by atoms with Crippen molar-refractivity contribution in [1.82, 2.24) is 10.2 Å². The second-order valence-corrected chi connectivity index (χ2v) is 6.42. The van der Waals surface area contributed by atoms with Crippen LogP contribution in [0.4, 0.5) is 0 Å². The summed E-state index contributed by atoms with van der Waals surface area (Å²) in [6.07, 6.45) is 0.830. The van der Waals surface area contributed by atoms with Gasteiger partial charge in [0.1, 0.15) is 6.61 Å². The van der Waals surface area contributed by atoms with Crippen molar-refractivity contribution >= 4 is 17.8 Å². The summed E-state index contributed by atoms with van der Waals surface area (Å²) in [4.78, 5) is 35.8. The summed E-state index contributed by atoms with van der Waals surface area (Å²) in [7, 11) is 3.69. The fourth-order valence-electron chi connectivity index (χ4n) is 2.52. The van der Waals surface area contributed by atoms with Crippen LogP contribution in [-0.4, -0.2) is 83.6 Å². The van der Waals surface area contributed by atoms with Crippen molar-refractivity contribution in [2.24, 2.45) is 0 Å². The Morgan fingerprint density at radius 2 is 1.77 bits per heavy atom. The van der Waals surface area contributed by atoms with Crippen LogP contribution in [-0.2, 0) is 19.1 Å². The van der Waals surface area contributed by atoms with Gasteiger partial charge in [0.15, 0.2) is 6.10 Å². The maximum Gasteiger partial charge on any atom is 0.305 e. The van der Waals surface area contributed by atoms with Gasteiger partial charge in [-0.05, 0) is 33.4 Å². The highest BCUT2D eigenvalue weighted by Crippen LogP contribution is 2.09. The van der Waals surface area contributed by atoms with Gasteiger partial charge in [0.05, 0.1) is 12.6 Å². The quantitative estimate of drug-likeness (QED) is 0.240. The van der Waals surface area contributed by atoms with E-state index in [0.717, 1.165) is 12.8 Å². The first-order chi connectivity index (χ1) is 12.2. The van der Waals surface area contributed by atoms with E-state index in [9.17, 15) is 24.6 Å². The number of likely N-dealkylation sites (N-methyl/N-ethyl adjacent to an activating group) is 1. The lowest BCUT2D eigenvalue weighted by Crippen LogP contribution is -2.54. The first kappa shape index (κ1) is 24.3. The van der Waals surface area contributed by atoms with Gasteiger partial charge in [-0.25, -0.2) is 0 Å². The van der Waals surface area contributed by atoms with Crippen LogP contribution in [0.3, 0.4) is 0 Å². The number of hydrogen-bond acceptors (Lipinski definition) is 7. The molecule has 26 heavy (non-hydrogen) atoms. The second kappa shape index (κ2) is 13.5. The molecule has 3 unspecified atom stereocenters. The molecule has 0 rings (SSSR count). The van der Waals surface area contributed by atoms with E-state index in [1.54, 1.807) is 0 Å². The van der Waals surface area contributed by atoms with Crippen LogP contribution in [0.2, 0.25) is 0 Å². The smallest absolute Gasteiger partial charge is 0.305 e. The third-order valence-corrected chi connectivity index (χ3v) is 3.96. The molecule has 0 radical (unpaired) electrons. The minimum atomic E-state index is -1.53. The molecule has 1 amide bonds. The van der Waals surface area contributed by atoms with E-state index in [0.29, 0.717) is 12.8 Å². The molecule has 0 saturated heterocycles. The fraction of sp³-hybridized carbons (Fsp3) is 0.824. The molecular weight excluding hydrogens is 344 g/mol. The summed E-state index contributed by atoms with van der Waals surface area (Å²) >= 11 is 0. The Labute approximate surface area is 154 Å². The van der Waals surface area contributed by atoms with Crippen LogP contribution < -0.4 is 5.32 Å². The molecule has 0 bridgehead atoms. The Morgan fingerprint density at radius 1 is 1.15 bits per heavy atom. The number of esters is 1. The Morgan fingerprint density at radius 3 is 2.27 bits per heavy atom. The highest BCUT2D eigenvalue weighted by atomic mass is 16.5. The van der Waals surface area contributed by atoms with E-state index in [1.165, 1.54) is 0 Å². The molecule has 0 aromatic carbocycles. The Hall–Kier alpha value is -1.71. The number of aliphatic hydroxyl groups excluding tert-OH is 2. The van der Waals surface area contributed by atoms with Crippen molar-refractivity contribution in [1.29, 1.82) is 0 Å². The summed E-state index contributed by atoms with van der Waals surface area (Å²) in [5.74, 6) is -2.24. The first-order valence-corrected chi connectivity index (χ1v) is 8.86. The topological polar surface area (TPSA) is 136 Å². The summed E-state index contributed by atoms with van der Waals surface area (Å²) < 4.78 is 4.83. The lowest BCUT2D eigenvalue weighted by Gasteiger charge is -2.32. The summed E-state index contributed by atoms with van der Waals surface area (Å²) in [6.45, 7) is 1.24. The predicted octanol–water partition coefficient (Wildman–Crippen LogP) is -0.257. The largest absolute Gasteiger partial charge is 0.481 e. The molecule has 0 spiro atoms. The highest BCUT2D eigenvalue weighted by molar-refractivity contribution is 5.81. The van der Waals surface area contributed by atoms with E-state index in [2.05, 4.69) is 5.32 Å². The third kappa shape index (κ3) is 10.3. The minimum absolute atomic E-state index is 0.0222. The zero-order chi connectivity index (χ0) is 20.1. The number of aliphatic hydroxyl groups is 2. The van der Waals surface area contributed by atoms with Gasteiger partial charge in [0, 0.05) is 18.9 Å². The Kier molecular flexibility index (Phi) is 12.6. The average Bonchev–Trinajstić information content (AvgIpc) is 2.58. The standard InChI is InChI=1S/C17H32N2O7/c1-4-7-13(19(2)3)12(10-20)18-17(25)14(21)11-26-16(24)9-6-5-8-15(22)23/h12-14,20-21H,4-11H2,1-3H3,(H,18,25)(H,22,23). The molecule has 0 saturated carbocycles. The SMILES string of the molecule is CCCC(C(CO)NC(=O)C(O)COC(=O)CCCCC(=O)O)N(C)C. The van der Waals surface area contributed by atoms with Crippen LogP contribution in [0, 0.1) is 0 Å². The zero-order valence-corrected chi connectivity index (χ0v) is 15.8. The molecule has 4 N–H and O–H groups in total. The van der Waals surface area contributed by atoms with Crippen molar-refractivity contribution in [2.75, 3.05) is 27.3 Å². The lowest BCUT2D eigenvalue weighted by molar-refractivity contribution is -0.150. The molecule has 0 aliphatic rings. The van der Waals surface area contributed by atoms with Gasteiger partial charge >= 0.3 is 11.9 Å². The van der Waals surface area contributed by atoms with E-state index >= 15 is 0 Å². The molecule has 9 nitrogen and oxygen atoms in total. The number of carboxylic acids is 1. The van der Waals surface area contributed by atoms with Crippen LogP contribution in [0.5, 0.6) is 0 Å². The van der Waals surface area contributed by atoms with Crippen molar-refractivity contribution in [3.63, 3.8) is 0 Å². The first-order valence-electron chi connectivity index (χ1n) is 8.86. The van der Waals surface area contributed by atoms with Gasteiger partial charge in [-0.15, -0.1) is 0 Å². The molecule has 3 atom stereocenters. The second-order valence-electron chi connectivity index (χ2n) is 6.42. The summed E-state index contributed by atoms with van der Waals surface area (Å²) in [6, 6.07) is -0.628. The van der Waals surface area contributed by atoms with Crippen LogP contribution in [0.25, 0.3) is 0 Å². The van der Waals surface area contributed by atoms with Gasteiger partial charge in [-0.2, -0.15) is 0 Å². The number of unbranched alkanes of at least 4 members (excludes halogenated alkanes) is 1. The van der Waals surface area contributed by atoms with Crippen LogP contribution in [0.15, 0.2) is 0 Å². The van der Waals surface area contributed by atoms with Gasteiger partial charge in [-0.1, -0.05) is 13.3 Å². The molecular formula is C17H32N2O7. The minimum Gasteiger partial charge on any atom is -0.481 e. The monoisotopic (exact) mass is 376 g/mol. The van der Waals surface area contributed by atoms with E-state index in [1.807, 2.05) is 25.9 Å². The molecule has 152 valence electrons. The fourth-order valence-corrected chi connectivity index (χ4v) is 2.52. The summed E-state index contributed by atoms with van der Waals surface area (Å²) in [5, 5.41) is 30.5. The number of carbonyl (C=O) groups excluding carboxylic acids is 2. The molecule has 0 fully saturated rings. The number of nitrogens with one attached hydrogen (secondary N) is 1. The van der Waals surface area contributed by atoms with Gasteiger partial charge in [-0.3, -0.25) is 14.4 Å². The van der Waals surface area contributed by atoms with Gasteiger partial charge in [0.2, 0.25) is 0 Å². The number of amides is 1. The number of aliphatic carboxylic acids is 1. The summed E-state index contributed by atoms with van der Waals surface area (Å²) in [5.41, 5.74) is 0. The maximum absolute atomic E-state index is 12.0. The average molecular weight is 376 g/mol. The number of nitrogens with zero attached hydrogens (tertiary/aromatic N) is 1. The maximum atomic E-state index is 12.0. The van der Waals surface area contributed by atoms with Gasteiger partial charge < -0.3 is 30.3 Å². The molecule has 0 heterocycles. The van der Waals surface area contributed by atoms with Crippen LogP contribution >= 0.6 is 0 Å². The number of carbonyl (C=O) groups is 3. The van der Waals surface area contributed by atoms with Crippen molar-refractivity contribution in [2.45, 2.75) is 63.6 Å². The van der Waals surface area contributed by atoms with E-state index in [-0.39, 0.29) is 25.5 Å². The van der Waals surface area contributed by atoms with Crippen molar-refractivity contribution in [3.8, 4) is 0 Å². The lowest BCUT2D eigenvalue weighted by atomic mass is 10.0.